The third-order valence-corrected chi connectivity index (χ3v) is 2.87. The summed E-state index contributed by atoms with van der Waals surface area (Å²) in [6.45, 7) is 12.9. The molecule has 3 amide bonds. The van der Waals surface area contributed by atoms with Gasteiger partial charge in [0.15, 0.2) is 0 Å². The first kappa shape index (κ1) is 23.7. The molecule has 0 fully saturated rings. The van der Waals surface area contributed by atoms with Crippen LogP contribution in [0.1, 0.15) is 48.5 Å². The monoisotopic (exact) mass is 373 g/mol. The van der Waals surface area contributed by atoms with E-state index in [4.69, 9.17) is 14.3 Å². The summed E-state index contributed by atoms with van der Waals surface area (Å²) >= 11 is 0. The number of carbonyl (C=O) groups is 3. The number of primary amides is 1. The van der Waals surface area contributed by atoms with E-state index >= 15 is 0 Å². The Hall–Kier alpha value is -2.29. The van der Waals surface area contributed by atoms with Crippen LogP contribution in [0.5, 0.6) is 0 Å². The Balaban J connectivity index is 0.00000194. The standard InChI is InChI=1S/C16H28N2O5.CH3NO/c1-11-8-12(18(21)14(20)23-16(5,6)7)10-17(9-11)13(19)22-15(2,3)4;2-1-3/h8,12,21H,9-10H2,1-7H3;1H,(H2,2,3). The molecular weight excluding hydrogens is 342 g/mol. The van der Waals surface area contributed by atoms with Crippen LogP contribution in [0, 0.1) is 0 Å². The second-order valence-electron chi connectivity index (χ2n) is 7.90. The van der Waals surface area contributed by atoms with E-state index in [0.717, 1.165) is 5.57 Å². The van der Waals surface area contributed by atoms with Gasteiger partial charge in [0.05, 0.1) is 12.6 Å². The third-order valence-electron chi connectivity index (χ3n) is 2.87. The van der Waals surface area contributed by atoms with Gasteiger partial charge in [0, 0.05) is 6.54 Å². The molecule has 1 heterocycles. The molecule has 0 spiro atoms. The fourth-order valence-corrected chi connectivity index (χ4v) is 2.08. The molecule has 1 unspecified atom stereocenters. The van der Waals surface area contributed by atoms with Crippen molar-refractivity contribution < 1.29 is 29.1 Å². The van der Waals surface area contributed by atoms with E-state index in [9.17, 15) is 14.8 Å². The average Bonchev–Trinajstić information content (AvgIpc) is 2.43. The molecule has 1 aliphatic heterocycles. The van der Waals surface area contributed by atoms with E-state index in [1.165, 1.54) is 4.90 Å². The Bertz CT molecular complexity index is 534. The maximum absolute atomic E-state index is 12.2. The molecule has 0 radical (unpaired) electrons. The van der Waals surface area contributed by atoms with Gasteiger partial charge in [-0.1, -0.05) is 11.6 Å². The number of carbonyl (C=O) groups excluding carboxylic acids is 3. The van der Waals surface area contributed by atoms with Crippen LogP contribution in [0.3, 0.4) is 0 Å². The molecule has 26 heavy (non-hydrogen) atoms. The number of amides is 3. The summed E-state index contributed by atoms with van der Waals surface area (Å²) < 4.78 is 10.5. The minimum absolute atomic E-state index is 0.141. The highest BCUT2D eigenvalue weighted by atomic mass is 16.6. The lowest BCUT2D eigenvalue weighted by Gasteiger charge is -2.35. The van der Waals surface area contributed by atoms with Gasteiger partial charge >= 0.3 is 12.2 Å². The summed E-state index contributed by atoms with van der Waals surface area (Å²) in [5, 5.41) is 10.6. The van der Waals surface area contributed by atoms with E-state index in [-0.39, 0.29) is 13.0 Å². The summed E-state index contributed by atoms with van der Waals surface area (Å²) in [5.74, 6) is 0. The predicted octanol–water partition coefficient (Wildman–Crippen LogP) is 2.28. The smallest absolute Gasteiger partial charge is 0.434 e. The number of ether oxygens (including phenoxy) is 2. The Kier molecular flexibility index (Phi) is 8.59. The van der Waals surface area contributed by atoms with Gasteiger partial charge in [-0.15, -0.1) is 0 Å². The first-order valence-corrected chi connectivity index (χ1v) is 8.22. The topological polar surface area (TPSA) is 122 Å². The van der Waals surface area contributed by atoms with Crippen LogP contribution in [0.15, 0.2) is 11.6 Å². The highest BCUT2D eigenvalue weighted by Gasteiger charge is 2.33. The summed E-state index contributed by atoms with van der Waals surface area (Å²) in [6.07, 6.45) is 0.662. The van der Waals surface area contributed by atoms with Gasteiger partial charge in [0.1, 0.15) is 11.2 Å². The van der Waals surface area contributed by atoms with Crippen molar-refractivity contribution in [2.45, 2.75) is 65.7 Å². The molecule has 9 heteroatoms. The molecule has 150 valence electrons. The summed E-state index contributed by atoms with van der Waals surface area (Å²) in [4.78, 5) is 34.2. The largest absolute Gasteiger partial charge is 0.444 e. The maximum atomic E-state index is 12.2. The molecule has 0 saturated carbocycles. The van der Waals surface area contributed by atoms with Gasteiger partial charge in [0.25, 0.3) is 0 Å². The lowest BCUT2D eigenvalue weighted by molar-refractivity contribution is -0.115. The van der Waals surface area contributed by atoms with Crippen molar-refractivity contribution in [1.29, 1.82) is 0 Å². The van der Waals surface area contributed by atoms with E-state index in [1.54, 1.807) is 47.6 Å². The SMILES string of the molecule is CC1=CC(N(O)C(=O)OC(C)(C)C)CN(C(=O)OC(C)(C)C)C1.NC=O. The van der Waals surface area contributed by atoms with Crippen LogP contribution in [0.2, 0.25) is 0 Å². The van der Waals surface area contributed by atoms with Crippen LogP contribution in [-0.4, -0.2) is 64.1 Å². The highest BCUT2D eigenvalue weighted by molar-refractivity contribution is 5.70. The first-order chi connectivity index (χ1) is 11.7. The second kappa shape index (κ2) is 9.42. The Morgan fingerprint density at radius 1 is 1.23 bits per heavy atom. The fourth-order valence-electron chi connectivity index (χ4n) is 2.08. The molecule has 9 nitrogen and oxygen atoms in total. The van der Waals surface area contributed by atoms with Crippen molar-refractivity contribution in [2.24, 2.45) is 5.73 Å². The van der Waals surface area contributed by atoms with Crippen LogP contribution < -0.4 is 5.73 Å². The summed E-state index contributed by atoms with van der Waals surface area (Å²) in [6, 6.07) is -0.675. The van der Waals surface area contributed by atoms with Gasteiger partial charge in [-0.2, -0.15) is 5.06 Å². The second-order valence-corrected chi connectivity index (χ2v) is 7.90. The molecule has 0 bridgehead atoms. The zero-order valence-electron chi connectivity index (χ0n) is 16.6. The normalized spacial score (nSPS) is 17.3. The fraction of sp³-hybridized carbons (Fsp3) is 0.706. The molecule has 0 aliphatic carbocycles. The maximum Gasteiger partial charge on any atom is 0.434 e. The zero-order chi connectivity index (χ0) is 20.7. The zero-order valence-corrected chi connectivity index (χ0v) is 16.6. The number of hydrogen-bond donors (Lipinski definition) is 2. The molecule has 1 aliphatic rings. The van der Waals surface area contributed by atoms with Gasteiger partial charge in [-0.25, -0.2) is 9.59 Å². The summed E-state index contributed by atoms with van der Waals surface area (Å²) in [5.41, 5.74) is 3.71. The Morgan fingerprint density at radius 2 is 1.69 bits per heavy atom. The molecule has 0 aromatic carbocycles. The molecule has 0 aromatic heterocycles. The van der Waals surface area contributed by atoms with Crippen LogP contribution >= 0.6 is 0 Å². The molecular formula is C17H31N3O6. The minimum atomic E-state index is -0.849. The van der Waals surface area contributed by atoms with E-state index < -0.39 is 29.4 Å². The quantitative estimate of drug-likeness (QED) is 0.315. The highest BCUT2D eigenvalue weighted by Crippen LogP contribution is 2.19. The van der Waals surface area contributed by atoms with Gasteiger partial charge in [0.2, 0.25) is 6.41 Å². The Labute approximate surface area is 154 Å². The lowest BCUT2D eigenvalue weighted by atomic mass is 10.1. The van der Waals surface area contributed by atoms with Gasteiger partial charge < -0.3 is 20.1 Å². The van der Waals surface area contributed by atoms with Crippen molar-refractivity contribution in [3.8, 4) is 0 Å². The summed E-state index contributed by atoms with van der Waals surface area (Å²) in [7, 11) is 0. The minimum Gasteiger partial charge on any atom is -0.444 e. The van der Waals surface area contributed by atoms with Crippen molar-refractivity contribution in [2.75, 3.05) is 13.1 Å². The van der Waals surface area contributed by atoms with Crippen LogP contribution in [-0.2, 0) is 14.3 Å². The van der Waals surface area contributed by atoms with Crippen molar-refractivity contribution >= 4 is 18.6 Å². The number of nitrogens with two attached hydrogens (primary N) is 1. The molecule has 0 aromatic rings. The third kappa shape index (κ3) is 9.26. The van der Waals surface area contributed by atoms with Crippen molar-refractivity contribution in [3.05, 3.63) is 11.6 Å². The molecule has 0 saturated heterocycles. The molecule has 3 N–H and O–H groups in total. The number of nitrogens with zero attached hydrogens (tertiary/aromatic N) is 2. The van der Waals surface area contributed by atoms with E-state index in [2.05, 4.69) is 5.73 Å². The lowest BCUT2D eigenvalue weighted by Crippen LogP contribution is -2.51. The number of hydrogen-bond acceptors (Lipinski definition) is 6. The van der Waals surface area contributed by atoms with E-state index in [0.29, 0.717) is 11.6 Å². The number of hydroxylamine groups is 2. The van der Waals surface area contributed by atoms with Crippen LogP contribution in [0.4, 0.5) is 9.59 Å². The number of rotatable bonds is 1. The van der Waals surface area contributed by atoms with Gasteiger partial charge in [-0.3, -0.25) is 10.0 Å². The van der Waals surface area contributed by atoms with Crippen LogP contribution in [0.25, 0.3) is 0 Å². The average molecular weight is 373 g/mol. The van der Waals surface area contributed by atoms with E-state index in [1.807, 2.05) is 6.92 Å². The first-order valence-electron chi connectivity index (χ1n) is 8.22. The van der Waals surface area contributed by atoms with Gasteiger partial charge in [-0.05, 0) is 48.5 Å². The van der Waals surface area contributed by atoms with Crippen molar-refractivity contribution in [3.63, 3.8) is 0 Å². The molecule has 1 rings (SSSR count). The predicted molar refractivity (Wildman–Crippen MR) is 95.5 cm³/mol. The Morgan fingerprint density at radius 3 is 2.12 bits per heavy atom. The van der Waals surface area contributed by atoms with Crippen molar-refractivity contribution in [1.82, 2.24) is 9.96 Å². The molecule has 1 atom stereocenters.